The molecule has 8 heteroatoms. The fourth-order valence-corrected chi connectivity index (χ4v) is 6.73. The lowest BCUT2D eigenvalue weighted by atomic mass is 9.98. The number of anilines is 1. The smallest absolute Gasteiger partial charge is 0.219 e. The number of amides is 1. The second kappa shape index (κ2) is 11.5. The SMILES string of the molecule is CC(=O)N1CCC(N2CCc3nc(C)nc(NC(C)c4cc(-c5ccccc5CN(C)C)cs4)c3C2)CC1. The van der Waals surface area contributed by atoms with Gasteiger partial charge in [-0.25, -0.2) is 9.97 Å². The molecule has 2 aliphatic rings. The fraction of sp³-hybridized carbons (Fsp3) is 0.500. The maximum absolute atomic E-state index is 11.8. The van der Waals surface area contributed by atoms with Gasteiger partial charge in [0.1, 0.15) is 11.6 Å². The Kier molecular flexibility index (Phi) is 8.12. The van der Waals surface area contributed by atoms with Crippen LogP contribution in [-0.4, -0.2) is 70.3 Å². The molecule has 0 spiro atoms. The molecule has 1 N–H and O–H groups in total. The Morgan fingerprint density at radius 1 is 1.18 bits per heavy atom. The number of rotatable bonds is 7. The van der Waals surface area contributed by atoms with E-state index >= 15 is 0 Å². The van der Waals surface area contributed by atoms with E-state index in [1.807, 2.05) is 11.8 Å². The van der Waals surface area contributed by atoms with Crippen LogP contribution >= 0.6 is 11.3 Å². The summed E-state index contributed by atoms with van der Waals surface area (Å²) in [5.74, 6) is 1.98. The van der Waals surface area contributed by atoms with Crippen molar-refractivity contribution in [3.05, 3.63) is 63.2 Å². The van der Waals surface area contributed by atoms with Crippen LogP contribution in [0.5, 0.6) is 0 Å². The summed E-state index contributed by atoms with van der Waals surface area (Å²) in [5.41, 5.74) is 6.33. The molecular formula is C30H40N6OS. The van der Waals surface area contributed by atoms with Crippen LogP contribution in [0.25, 0.3) is 11.1 Å². The summed E-state index contributed by atoms with van der Waals surface area (Å²) in [6.07, 6.45) is 3.02. The molecule has 0 saturated carbocycles. The third-order valence-corrected chi connectivity index (χ3v) is 8.96. The second-order valence-electron chi connectivity index (χ2n) is 11.0. The summed E-state index contributed by atoms with van der Waals surface area (Å²) in [6.45, 7) is 10.4. The van der Waals surface area contributed by atoms with Crippen molar-refractivity contribution in [2.75, 3.05) is 39.0 Å². The van der Waals surface area contributed by atoms with Gasteiger partial charge in [0.25, 0.3) is 0 Å². The Labute approximate surface area is 230 Å². The zero-order valence-corrected chi connectivity index (χ0v) is 24.1. The number of carbonyl (C=O) groups excluding carboxylic acids is 1. The van der Waals surface area contributed by atoms with E-state index in [0.717, 1.165) is 63.6 Å². The molecule has 0 bridgehead atoms. The molecule has 38 heavy (non-hydrogen) atoms. The van der Waals surface area contributed by atoms with Gasteiger partial charge in [0.15, 0.2) is 0 Å². The minimum absolute atomic E-state index is 0.141. The van der Waals surface area contributed by atoms with Crippen molar-refractivity contribution in [2.45, 2.75) is 65.2 Å². The molecule has 2 aromatic heterocycles. The van der Waals surface area contributed by atoms with Gasteiger partial charge in [-0.05, 0) is 68.9 Å². The zero-order chi connectivity index (χ0) is 26.8. The van der Waals surface area contributed by atoms with Gasteiger partial charge in [0.05, 0.1) is 11.7 Å². The quantitative estimate of drug-likeness (QED) is 0.456. The first-order valence-electron chi connectivity index (χ1n) is 13.7. The van der Waals surface area contributed by atoms with Crippen LogP contribution in [-0.2, 0) is 24.3 Å². The van der Waals surface area contributed by atoms with Gasteiger partial charge in [-0.3, -0.25) is 9.69 Å². The first-order chi connectivity index (χ1) is 18.3. The number of likely N-dealkylation sites (tertiary alicyclic amines) is 1. The molecule has 4 heterocycles. The molecular weight excluding hydrogens is 492 g/mol. The number of piperidine rings is 1. The van der Waals surface area contributed by atoms with E-state index < -0.39 is 0 Å². The highest BCUT2D eigenvalue weighted by atomic mass is 32.1. The van der Waals surface area contributed by atoms with Gasteiger partial charge in [-0.2, -0.15) is 0 Å². The van der Waals surface area contributed by atoms with Gasteiger partial charge in [-0.1, -0.05) is 24.3 Å². The number of thiophene rings is 1. The highest BCUT2D eigenvalue weighted by Gasteiger charge is 2.30. The van der Waals surface area contributed by atoms with Crippen molar-refractivity contribution in [2.24, 2.45) is 0 Å². The summed E-state index contributed by atoms with van der Waals surface area (Å²) >= 11 is 1.80. The summed E-state index contributed by atoms with van der Waals surface area (Å²) in [7, 11) is 4.23. The number of nitrogens with zero attached hydrogens (tertiary/aromatic N) is 5. The van der Waals surface area contributed by atoms with Gasteiger partial charge in [0, 0.05) is 62.6 Å². The van der Waals surface area contributed by atoms with E-state index in [1.165, 1.54) is 32.8 Å². The topological polar surface area (TPSA) is 64.6 Å². The number of hydrogen-bond acceptors (Lipinski definition) is 7. The standard InChI is InChI=1S/C30H40N6OS/c1-20(29-16-24(19-38-29)26-9-7-6-8-23(26)17-34(4)5)31-30-27-18-36(15-12-28(27)32-21(2)33-30)25-10-13-35(14-11-25)22(3)37/h6-9,16,19-20,25H,10-15,17-18H2,1-5H3,(H,31,32,33). The van der Waals surface area contributed by atoms with E-state index in [4.69, 9.17) is 9.97 Å². The van der Waals surface area contributed by atoms with Crippen LogP contribution in [0.3, 0.4) is 0 Å². The van der Waals surface area contributed by atoms with Gasteiger partial charge >= 0.3 is 0 Å². The molecule has 5 rings (SSSR count). The molecule has 202 valence electrons. The number of carbonyl (C=O) groups is 1. The first-order valence-corrected chi connectivity index (χ1v) is 14.6. The summed E-state index contributed by atoms with van der Waals surface area (Å²) < 4.78 is 0. The number of benzene rings is 1. The average molecular weight is 533 g/mol. The average Bonchev–Trinajstić information content (AvgIpc) is 3.39. The van der Waals surface area contributed by atoms with E-state index in [0.29, 0.717) is 6.04 Å². The maximum Gasteiger partial charge on any atom is 0.219 e. The minimum atomic E-state index is 0.141. The van der Waals surface area contributed by atoms with Crippen LogP contribution in [0.2, 0.25) is 0 Å². The molecule has 1 aromatic carbocycles. The number of aromatic nitrogens is 2. The summed E-state index contributed by atoms with van der Waals surface area (Å²) in [5, 5.41) is 6.03. The Morgan fingerprint density at radius 2 is 1.95 bits per heavy atom. The molecule has 1 fully saturated rings. The lowest BCUT2D eigenvalue weighted by Gasteiger charge is -2.40. The monoisotopic (exact) mass is 532 g/mol. The molecule has 3 aromatic rings. The Hall–Kier alpha value is -2.81. The van der Waals surface area contributed by atoms with Crippen molar-refractivity contribution < 1.29 is 4.79 Å². The Bertz CT molecular complexity index is 1280. The molecule has 1 unspecified atom stereocenters. The molecule has 1 atom stereocenters. The van der Waals surface area contributed by atoms with Crippen LogP contribution in [0.15, 0.2) is 35.7 Å². The highest BCUT2D eigenvalue weighted by molar-refractivity contribution is 7.10. The van der Waals surface area contributed by atoms with Crippen molar-refractivity contribution >= 4 is 23.1 Å². The van der Waals surface area contributed by atoms with E-state index in [1.54, 1.807) is 18.3 Å². The second-order valence-corrected chi connectivity index (χ2v) is 11.9. The largest absolute Gasteiger partial charge is 0.362 e. The molecule has 0 radical (unpaired) electrons. The lowest BCUT2D eigenvalue weighted by molar-refractivity contribution is -0.130. The normalized spacial score (nSPS) is 17.5. The van der Waals surface area contributed by atoms with Crippen molar-refractivity contribution in [3.63, 3.8) is 0 Å². The number of nitrogens with one attached hydrogen (secondary N) is 1. The van der Waals surface area contributed by atoms with Crippen LogP contribution in [0.1, 0.15) is 60.3 Å². The van der Waals surface area contributed by atoms with Crippen LogP contribution < -0.4 is 5.32 Å². The van der Waals surface area contributed by atoms with Gasteiger partial charge in [0.2, 0.25) is 5.91 Å². The summed E-state index contributed by atoms with van der Waals surface area (Å²) in [4.78, 5) is 29.5. The fourth-order valence-electron chi connectivity index (χ4n) is 5.81. The number of hydrogen-bond donors (Lipinski definition) is 1. The minimum Gasteiger partial charge on any atom is -0.362 e. The van der Waals surface area contributed by atoms with Gasteiger partial charge in [-0.15, -0.1) is 11.3 Å². The third kappa shape index (κ3) is 5.92. The molecule has 1 saturated heterocycles. The van der Waals surface area contributed by atoms with Crippen molar-refractivity contribution in [1.29, 1.82) is 0 Å². The molecule has 0 aliphatic carbocycles. The van der Waals surface area contributed by atoms with E-state index in [9.17, 15) is 4.79 Å². The van der Waals surface area contributed by atoms with Crippen molar-refractivity contribution in [1.82, 2.24) is 24.7 Å². The first kappa shape index (κ1) is 26.8. The molecule has 7 nitrogen and oxygen atoms in total. The van der Waals surface area contributed by atoms with Crippen LogP contribution in [0, 0.1) is 6.92 Å². The predicted octanol–water partition coefficient (Wildman–Crippen LogP) is 5.12. The number of aryl methyl sites for hydroxylation is 1. The predicted molar refractivity (Wildman–Crippen MR) is 155 cm³/mol. The zero-order valence-electron chi connectivity index (χ0n) is 23.3. The molecule has 1 amide bonds. The van der Waals surface area contributed by atoms with Crippen molar-refractivity contribution in [3.8, 4) is 11.1 Å². The van der Waals surface area contributed by atoms with Crippen LogP contribution in [0.4, 0.5) is 5.82 Å². The Balaban J connectivity index is 1.32. The molecule has 2 aliphatic heterocycles. The van der Waals surface area contributed by atoms with E-state index in [-0.39, 0.29) is 11.9 Å². The van der Waals surface area contributed by atoms with Gasteiger partial charge < -0.3 is 15.1 Å². The van der Waals surface area contributed by atoms with E-state index in [2.05, 4.69) is 71.8 Å². The Morgan fingerprint density at radius 3 is 2.68 bits per heavy atom. The number of fused-ring (bicyclic) bond motifs is 1. The highest BCUT2D eigenvalue weighted by Crippen LogP contribution is 2.35. The summed E-state index contributed by atoms with van der Waals surface area (Å²) in [6, 6.07) is 11.7. The third-order valence-electron chi connectivity index (χ3n) is 7.84. The lowest BCUT2D eigenvalue weighted by Crippen LogP contribution is -2.47. The maximum atomic E-state index is 11.8.